The molecule has 3 aromatic rings. The Bertz CT molecular complexity index is 968. The van der Waals surface area contributed by atoms with Crippen molar-refractivity contribution in [2.75, 3.05) is 25.6 Å². The molecule has 0 radical (unpaired) electrons. The minimum atomic E-state index is -0.395. The van der Waals surface area contributed by atoms with Crippen LogP contribution in [0.1, 0.15) is 5.69 Å². The molecule has 0 aliphatic rings. The Morgan fingerprint density at radius 3 is 2.82 bits per heavy atom. The van der Waals surface area contributed by atoms with Gasteiger partial charge >= 0.3 is 5.97 Å². The van der Waals surface area contributed by atoms with Crippen molar-refractivity contribution in [1.82, 2.24) is 15.2 Å². The van der Waals surface area contributed by atoms with Crippen molar-refractivity contribution in [1.29, 1.82) is 0 Å². The van der Waals surface area contributed by atoms with E-state index in [9.17, 15) is 4.79 Å². The van der Waals surface area contributed by atoms with Crippen molar-refractivity contribution in [2.45, 2.75) is 6.61 Å². The van der Waals surface area contributed by atoms with Crippen LogP contribution in [0.4, 0.5) is 5.82 Å². The molecule has 0 saturated heterocycles. The number of aromatic nitrogens is 3. The number of likely N-dealkylation sites (N-methyl/N-ethyl adjacent to an activating group) is 1. The van der Waals surface area contributed by atoms with Crippen LogP contribution in [0, 0.1) is 0 Å². The summed E-state index contributed by atoms with van der Waals surface area (Å²) in [5.74, 6) is 0.861. The summed E-state index contributed by atoms with van der Waals surface area (Å²) in [5, 5.41) is 10.6. The number of halogens is 2. The molecular weight excluding hydrogens is 468 g/mol. The summed E-state index contributed by atoms with van der Waals surface area (Å²) in [6, 6.07) is 9.01. The zero-order valence-electron chi connectivity index (χ0n) is 15.1. The number of benzene rings is 1. The zero-order chi connectivity index (χ0) is 20.1. The number of carbonyl (C=O) groups is 1. The Morgan fingerprint density at radius 2 is 2.11 bits per heavy atom. The first kappa shape index (κ1) is 20.5. The standard InChI is InChI=1S/C18H16BrClN4O3S/c1-24(16-6-5-15(20)22-23-16)8-17(25)27-9-12-10-28-18(21-12)13-7-11(19)3-4-14(13)26-2/h3-7,10H,8-9H2,1-2H3. The molecule has 7 nitrogen and oxygen atoms in total. The minimum Gasteiger partial charge on any atom is -0.496 e. The van der Waals surface area contributed by atoms with E-state index in [4.69, 9.17) is 21.1 Å². The first-order valence-electron chi connectivity index (χ1n) is 8.10. The van der Waals surface area contributed by atoms with Crippen LogP contribution in [-0.2, 0) is 16.1 Å². The summed E-state index contributed by atoms with van der Waals surface area (Å²) in [5.41, 5.74) is 1.55. The van der Waals surface area contributed by atoms with E-state index in [1.807, 2.05) is 23.6 Å². The molecule has 0 aliphatic heterocycles. The first-order valence-corrected chi connectivity index (χ1v) is 10.2. The van der Waals surface area contributed by atoms with Crippen molar-refractivity contribution in [2.24, 2.45) is 0 Å². The summed E-state index contributed by atoms with van der Waals surface area (Å²) in [6.07, 6.45) is 0. The Hall–Kier alpha value is -2.23. The second-order valence-corrected chi connectivity index (χ2v) is 7.88. The van der Waals surface area contributed by atoms with Crippen LogP contribution >= 0.6 is 38.9 Å². The molecule has 10 heteroatoms. The van der Waals surface area contributed by atoms with Crippen molar-refractivity contribution in [3.05, 3.63) is 51.0 Å². The lowest BCUT2D eigenvalue weighted by atomic mass is 10.2. The van der Waals surface area contributed by atoms with E-state index in [1.54, 1.807) is 31.2 Å². The van der Waals surface area contributed by atoms with Crippen LogP contribution < -0.4 is 9.64 Å². The molecule has 0 saturated carbocycles. The normalized spacial score (nSPS) is 10.6. The van der Waals surface area contributed by atoms with Gasteiger partial charge in [-0.2, -0.15) is 0 Å². The van der Waals surface area contributed by atoms with Gasteiger partial charge in [-0.15, -0.1) is 21.5 Å². The maximum atomic E-state index is 12.1. The van der Waals surface area contributed by atoms with Gasteiger partial charge < -0.3 is 14.4 Å². The van der Waals surface area contributed by atoms with Crippen LogP contribution in [0.5, 0.6) is 5.75 Å². The summed E-state index contributed by atoms with van der Waals surface area (Å²) >= 11 is 10.6. The highest BCUT2D eigenvalue weighted by atomic mass is 79.9. The van der Waals surface area contributed by atoms with Gasteiger partial charge in [-0.05, 0) is 30.3 Å². The number of nitrogens with zero attached hydrogens (tertiary/aromatic N) is 4. The number of anilines is 1. The van der Waals surface area contributed by atoms with E-state index in [2.05, 4.69) is 31.1 Å². The topological polar surface area (TPSA) is 77.4 Å². The van der Waals surface area contributed by atoms with Crippen LogP contribution in [0.25, 0.3) is 10.6 Å². The molecule has 0 aliphatic carbocycles. The number of hydrogen-bond acceptors (Lipinski definition) is 8. The van der Waals surface area contributed by atoms with Crippen molar-refractivity contribution >= 4 is 50.7 Å². The molecule has 0 unspecified atom stereocenters. The maximum Gasteiger partial charge on any atom is 0.325 e. The van der Waals surface area contributed by atoms with Crippen LogP contribution in [-0.4, -0.2) is 41.9 Å². The Morgan fingerprint density at radius 1 is 1.29 bits per heavy atom. The SMILES string of the molecule is COc1ccc(Br)cc1-c1nc(COC(=O)CN(C)c2ccc(Cl)nn2)cs1. The number of esters is 1. The summed E-state index contributed by atoms with van der Waals surface area (Å²) < 4.78 is 11.6. The van der Waals surface area contributed by atoms with E-state index in [0.29, 0.717) is 16.7 Å². The third-order valence-corrected chi connectivity index (χ3v) is 5.32. The first-order chi connectivity index (χ1) is 13.5. The average Bonchev–Trinajstić information content (AvgIpc) is 3.15. The summed E-state index contributed by atoms with van der Waals surface area (Å²) in [4.78, 5) is 18.3. The van der Waals surface area contributed by atoms with E-state index < -0.39 is 5.97 Å². The smallest absolute Gasteiger partial charge is 0.325 e. The van der Waals surface area contributed by atoms with E-state index in [-0.39, 0.29) is 13.2 Å². The second-order valence-electron chi connectivity index (χ2n) is 5.72. The number of ether oxygens (including phenoxy) is 2. The van der Waals surface area contributed by atoms with E-state index >= 15 is 0 Å². The Balaban J connectivity index is 1.59. The van der Waals surface area contributed by atoms with E-state index in [1.165, 1.54) is 11.3 Å². The molecule has 0 N–H and O–H groups in total. The third-order valence-electron chi connectivity index (χ3n) is 3.70. The lowest BCUT2D eigenvalue weighted by Gasteiger charge is -2.16. The molecule has 28 heavy (non-hydrogen) atoms. The largest absolute Gasteiger partial charge is 0.496 e. The predicted molar refractivity (Wildman–Crippen MR) is 112 cm³/mol. The van der Waals surface area contributed by atoms with Gasteiger partial charge in [-0.1, -0.05) is 27.5 Å². The molecule has 0 bridgehead atoms. The number of rotatable bonds is 7. The molecule has 0 atom stereocenters. The lowest BCUT2D eigenvalue weighted by Crippen LogP contribution is -2.27. The van der Waals surface area contributed by atoms with Crippen molar-refractivity contribution < 1.29 is 14.3 Å². The fraction of sp³-hybridized carbons (Fsp3) is 0.222. The lowest BCUT2D eigenvalue weighted by molar-refractivity contribution is -0.143. The van der Waals surface area contributed by atoms with Gasteiger partial charge in [0.15, 0.2) is 11.0 Å². The van der Waals surface area contributed by atoms with Gasteiger partial charge in [0.05, 0.1) is 18.4 Å². The number of thiazole rings is 1. The molecule has 2 heterocycles. The third kappa shape index (κ3) is 5.18. The molecule has 1 aromatic carbocycles. The average molecular weight is 484 g/mol. The highest BCUT2D eigenvalue weighted by Gasteiger charge is 2.14. The molecule has 2 aromatic heterocycles. The van der Waals surface area contributed by atoms with Crippen LogP contribution in [0.3, 0.4) is 0 Å². The molecule has 3 rings (SSSR count). The van der Waals surface area contributed by atoms with Crippen molar-refractivity contribution in [3.63, 3.8) is 0 Å². The highest BCUT2D eigenvalue weighted by molar-refractivity contribution is 9.10. The van der Waals surface area contributed by atoms with Gasteiger partial charge in [0, 0.05) is 16.9 Å². The van der Waals surface area contributed by atoms with Gasteiger partial charge in [0.1, 0.15) is 23.9 Å². The summed E-state index contributed by atoms with van der Waals surface area (Å²) in [6.45, 7) is 0.124. The van der Waals surface area contributed by atoms with Crippen LogP contribution in [0.2, 0.25) is 5.15 Å². The fourth-order valence-electron chi connectivity index (χ4n) is 2.33. The van der Waals surface area contributed by atoms with Gasteiger partial charge in [0.25, 0.3) is 0 Å². The number of carbonyl (C=O) groups excluding carboxylic acids is 1. The zero-order valence-corrected chi connectivity index (χ0v) is 18.2. The molecule has 146 valence electrons. The van der Waals surface area contributed by atoms with Gasteiger partial charge in [0.2, 0.25) is 0 Å². The van der Waals surface area contributed by atoms with Gasteiger partial charge in [-0.25, -0.2) is 4.98 Å². The number of methoxy groups -OCH3 is 1. The molecule has 0 fully saturated rings. The quantitative estimate of drug-likeness (QED) is 0.466. The summed E-state index contributed by atoms with van der Waals surface area (Å²) in [7, 11) is 3.34. The maximum absolute atomic E-state index is 12.1. The van der Waals surface area contributed by atoms with Gasteiger partial charge in [-0.3, -0.25) is 4.79 Å². The fourth-order valence-corrected chi connectivity index (χ4v) is 3.62. The van der Waals surface area contributed by atoms with E-state index in [0.717, 1.165) is 20.8 Å². The number of hydrogen-bond donors (Lipinski definition) is 0. The monoisotopic (exact) mass is 482 g/mol. The second kappa shape index (κ2) is 9.31. The Labute approximate surface area is 179 Å². The predicted octanol–water partition coefficient (Wildman–Crippen LogP) is 4.20. The molecule has 0 amide bonds. The molecule has 0 spiro atoms. The molecular formula is C18H16BrClN4O3S. The minimum absolute atomic E-state index is 0.0345. The van der Waals surface area contributed by atoms with Crippen molar-refractivity contribution in [3.8, 4) is 16.3 Å². The van der Waals surface area contributed by atoms with Crippen LogP contribution in [0.15, 0.2) is 40.2 Å². The Kier molecular flexibility index (Phi) is 6.82. The highest BCUT2D eigenvalue weighted by Crippen LogP contribution is 2.34.